The van der Waals surface area contributed by atoms with E-state index in [-0.39, 0.29) is 6.04 Å². The first-order valence-electron chi connectivity index (χ1n) is 5.12. The van der Waals surface area contributed by atoms with Gasteiger partial charge in [0.25, 0.3) is 0 Å². The Balaban J connectivity index is 2.41. The van der Waals surface area contributed by atoms with Crippen LogP contribution in [0.1, 0.15) is 17.3 Å². The predicted octanol–water partition coefficient (Wildman–Crippen LogP) is 2.21. The minimum Gasteiger partial charge on any atom is -0.497 e. The summed E-state index contributed by atoms with van der Waals surface area (Å²) in [4.78, 5) is 4.22. The van der Waals surface area contributed by atoms with Crippen molar-refractivity contribution in [2.24, 2.45) is 5.73 Å². The number of benzene rings is 1. The van der Waals surface area contributed by atoms with Crippen molar-refractivity contribution in [3.8, 4) is 11.5 Å². The second-order valence-electron chi connectivity index (χ2n) is 3.50. The van der Waals surface area contributed by atoms with Crippen LogP contribution < -0.4 is 15.2 Å². The molecule has 1 aromatic carbocycles. The van der Waals surface area contributed by atoms with E-state index in [0.29, 0.717) is 0 Å². The normalized spacial score (nSPS) is 12.2. The summed E-state index contributed by atoms with van der Waals surface area (Å²) >= 11 is 1.52. The first-order chi connectivity index (χ1) is 8.26. The first-order valence-corrected chi connectivity index (χ1v) is 6.06. The van der Waals surface area contributed by atoms with Crippen LogP contribution in [-0.2, 0) is 0 Å². The summed E-state index contributed by atoms with van der Waals surface area (Å²) in [5.74, 6) is 1.50. The van der Waals surface area contributed by atoms with Crippen molar-refractivity contribution in [3.63, 3.8) is 0 Å². The molecule has 1 aromatic heterocycles. The van der Waals surface area contributed by atoms with Gasteiger partial charge in [-0.1, -0.05) is 0 Å². The van der Waals surface area contributed by atoms with Crippen molar-refractivity contribution in [2.45, 2.75) is 6.04 Å². The highest BCUT2D eigenvalue weighted by atomic mass is 32.1. The standard InChI is InChI=1S/C12H14N2O2S/c1-15-8-3-4-11(16-2)9(5-8)12(13)10-6-17-7-14-10/h3-7,12H,13H2,1-2H3. The molecule has 5 heteroatoms. The minimum absolute atomic E-state index is 0.300. The van der Waals surface area contributed by atoms with Crippen LogP contribution in [0.4, 0.5) is 0 Å². The van der Waals surface area contributed by atoms with Gasteiger partial charge in [0.15, 0.2) is 0 Å². The van der Waals surface area contributed by atoms with Crippen LogP contribution >= 0.6 is 11.3 Å². The van der Waals surface area contributed by atoms with Crippen LogP contribution in [0.25, 0.3) is 0 Å². The Kier molecular flexibility index (Phi) is 3.61. The number of aromatic nitrogens is 1. The molecule has 1 atom stereocenters. The maximum absolute atomic E-state index is 6.17. The van der Waals surface area contributed by atoms with Gasteiger partial charge in [0.2, 0.25) is 0 Å². The summed E-state index contributed by atoms with van der Waals surface area (Å²) in [6.07, 6.45) is 0. The third-order valence-electron chi connectivity index (χ3n) is 2.54. The minimum atomic E-state index is -0.300. The summed E-state index contributed by atoms with van der Waals surface area (Å²) in [5, 5.41) is 1.93. The number of thiazole rings is 1. The lowest BCUT2D eigenvalue weighted by Crippen LogP contribution is -2.13. The summed E-state index contributed by atoms with van der Waals surface area (Å²) in [6, 6.07) is 5.27. The molecule has 2 N–H and O–H groups in total. The van der Waals surface area contributed by atoms with Gasteiger partial charge in [-0.05, 0) is 18.2 Å². The second kappa shape index (κ2) is 5.16. The molecule has 4 nitrogen and oxygen atoms in total. The van der Waals surface area contributed by atoms with Gasteiger partial charge in [0.05, 0.1) is 31.5 Å². The third-order valence-corrected chi connectivity index (χ3v) is 3.15. The summed E-state index contributed by atoms with van der Waals surface area (Å²) in [5.41, 5.74) is 9.64. The highest BCUT2D eigenvalue weighted by molar-refractivity contribution is 7.07. The van der Waals surface area contributed by atoms with Crippen molar-refractivity contribution in [2.75, 3.05) is 14.2 Å². The molecule has 0 spiro atoms. The number of hydrogen-bond donors (Lipinski definition) is 1. The van der Waals surface area contributed by atoms with Crippen LogP contribution in [0, 0.1) is 0 Å². The average molecular weight is 250 g/mol. The fourth-order valence-electron chi connectivity index (χ4n) is 1.62. The highest BCUT2D eigenvalue weighted by Gasteiger charge is 2.16. The molecule has 0 aliphatic heterocycles. The van der Waals surface area contributed by atoms with E-state index in [0.717, 1.165) is 22.8 Å². The fraction of sp³-hybridized carbons (Fsp3) is 0.250. The van der Waals surface area contributed by atoms with E-state index in [1.165, 1.54) is 11.3 Å². The number of nitrogens with zero attached hydrogens (tertiary/aromatic N) is 1. The number of rotatable bonds is 4. The third kappa shape index (κ3) is 2.40. The van der Waals surface area contributed by atoms with Crippen LogP contribution in [0.15, 0.2) is 29.1 Å². The van der Waals surface area contributed by atoms with E-state index in [9.17, 15) is 0 Å². The zero-order valence-corrected chi connectivity index (χ0v) is 10.5. The Labute approximate surface area is 104 Å². The van der Waals surface area contributed by atoms with E-state index in [4.69, 9.17) is 15.2 Å². The molecular weight excluding hydrogens is 236 g/mol. The molecule has 1 unspecified atom stereocenters. The molecule has 0 amide bonds. The second-order valence-corrected chi connectivity index (χ2v) is 4.22. The van der Waals surface area contributed by atoms with Crippen molar-refractivity contribution >= 4 is 11.3 Å². The van der Waals surface area contributed by atoms with E-state index in [1.807, 2.05) is 23.6 Å². The SMILES string of the molecule is COc1ccc(OC)c(C(N)c2cscn2)c1. The first kappa shape index (κ1) is 11.9. The van der Waals surface area contributed by atoms with Gasteiger partial charge in [-0.3, -0.25) is 0 Å². The number of methoxy groups -OCH3 is 2. The fourth-order valence-corrected chi connectivity index (χ4v) is 2.21. The molecule has 0 aliphatic rings. The Morgan fingerprint density at radius 3 is 2.71 bits per heavy atom. The van der Waals surface area contributed by atoms with Crippen LogP contribution in [-0.4, -0.2) is 19.2 Å². The molecule has 0 radical (unpaired) electrons. The molecule has 17 heavy (non-hydrogen) atoms. The molecule has 0 bridgehead atoms. The monoisotopic (exact) mass is 250 g/mol. The molecule has 0 saturated carbocycles. The molecular formula is C12H14N2O2S. The van der Waals surface area contributed by atoms with E-state index in [1.54, 1.807) is 19.7 Å². The van der Waals surface area contributed by atoms with E-state index in [2.05, 4.69) is 4.98 Å². The Hall–Kier alpha value is -1.59. The maximum Gasteiger partial charge on any atom is 0.124 e. The molecule has 0 fully saturated rings. The average Bonchev–Trinajstić information content (AvgIpc) is 2.91. The van der Waals surface area contributed by atoms with Gasteiger partial charge in [-0.15, -0.1) is 11.3 Å². The molecule has 0 aliphatic carbocycles. The van der Waals surface area contributed by atoms with Crippen LogP contribution in [0.3, 0.4) is 0 Å². The zero-order valence-electron chi connectivity index (χ0n) is 9.71. The largest absolute Gasteiger partial charge is 0.497 e. The lowest BCUT2D eigenvalue weighted by Gasteiger charge is -2.15. The highest BCUT2D eigenvalue weighted by Crippen LogP contribution is 2.31. The Bertz CT molecular complexity index is 485. The molecule has 2 aromatic rings. The Morgan fingerprint density at radius 2 is 2.12 bits per heavy atom. The van der Waals surface area contributed by atoms with E-state index >= 15 is 0 Å². The van der Waals surface area contributed by atoms with Crippen molar-refractivity contribution in [1.82, 2.24) is 4.98 Å². The Morgan fingerprint density at radius 1 is 1.29 bits per heavy atom. The summed E-state index contributed by atoms with van der Waals surface area (Å²) < 4.78 is 10.5. The lowest BCUT2D eigenvalue weighted by atomic mass is 10.0. The van der Waals surface area contributed by atoms with Crippen molar-refractivity contribution < 1.29 is 9.47 Å². The molecule has 1 heterocycles. The molecule has 0 saturated heterocycles. The van der Waals surface area contributed by atoms with Gasteiger partial charge in [-0.25, -0.2) is 4.98 Å². The number of ether oxygens (including phenoxy) is 2. The molecule has 90 valence electrons. The van der Waals surface area contributed by atoms with Gasteiger partial charge < -0.3 is 15.2 Å². The zero-order chi connectivity index (χ0) is 12.3. The predicted molar refractivity (Wildman–Crippen MR) is 67.7 cm³/mol. The van der Waals surface area contributed by atoms with Gasteiger partial charge >= 0.3 is 0 Å². The van der Waals surface area contributed by atoms with E-state index < -0.39 is 0 Å². The van der Waals surface area contributed by atoms with Crippen molar-refractivity contribution in [3.05, 3.63) is 40.3 Å². The van der Waals surface area contributed by atoms with Crippen molar-refractivity contribution in [1.29, 1.82) is 0 Å². The number of hydrogen-bond acceptors (Lipinski definition) is 5. The van der Waals surface area contributed by atoms with Gasteiger partial charge in [0, 0.05) is 10.9 Å². The van der Waals surface area contributed by atoms with Crippen LogP contribution in [0.5, 0.6) is 11.5 Å². The maximum atomic E-state index is 6.17. The van der Waals surface area contributed by atoms with Gasteiger partial charge in [-0.2, -0.15) is 0 Å². The van der Waals surface area contributed by atoms with Crippen LogP contribution in [0.2, 0.25) is 0 Å². The quantitative estimate of drug-likeness (QED) is 0.903. The summed E-state index contributed by atoms with van der Waals surface area (Å²) in [6.45, 7) is 0. The lowest BCUT2D eigenvalue weighted by molar-refractivity contribution is 0.397. The van der Waals surface area contributed by atoms with Gasteiger partial charge in [0.1, 0.15) is 11.5 Å². The molecule has 2 rings (SSSR count). The number of nitrogens with two attached hydrogens (primary N) is 1. The topological polar surface area (TPSA) is 57.4 Å². The smallest absolute Gasteiger partial charge is 0.124 e. The summed E-state index contributed by atoms with van der Waals surface area (Å²) in [7, 11) is 3.25.